The van der Waals surface area contributed by atoms with Gasteiger partial charge in [0.25, 0.3) is 5.91 Å². The van der Waals surface area contributed by atoms with E-state index in [1.807, 2.05) is 26.0 Å². The molecule has 0 aliphatic carbocycles. The lowest BCUT2D eigenvalue weighted by Crippen LogP contribution is -2.32. The highest BCUT2D eigenvalue weighted by molar-refractivity contribution is 6.39. The van der Waals surface area contributed by atoms with Crippen LogP contribution in [0, 0.1) is 6.92 Å². The first kappa shape index (κ1) is 26.7. The Morgan fingerprint density at radius 1 is 0.892 bits per heavy atom. The molecule has 3 N–H and O–H groups in total. The zero-order valence-electron chi connectivity index (χ0n) is 20.7. The highest BCUT2D eigenvalue weighted by Gasteiger charge is 2.14. The molecule has 0 spiro atoms. The van der Waals surface area contributed by atoms with Gasteiger partial charge in [-0.05, 0) is 61.4 Å². The molecule has 3 rings (SSSR count). The minimum atomic E-state index is -0.911. The largest absolute Gasteiger partial charge is 0.497 e. The number of rotatable bonds is 10. The summed E-state index contributed by atoms with van der Waals surface area (Å²) < 4.78 is 16.4. The Bertz CT molecular complexity index is 1290. The molecule has 0 aromatic heterocycles. The summed E-state index contributed by atoms with van der Waals surface area (Å²) in [5.74, 6) is -0.722. The number of ether oxygens (including phenoxy) is 3. The summed E-state index contributed by atoms with van der Waals surface area (Å²) in [7, 11) is 1.55. The summed E-state index contributed by atoms with van der Waals surface area (Å²) in [5.41, 5.74) is 4.73. The molecule has 0 fully saturated rings. The molecule has 0 atom stereocenters. The van der Waals surface area contributed by atoms with Crippen molar-refractivity contribution in [1.29, 1.82) is 0 Å². The standard InChI is InChI=1S/C27H28N4O6/c1-4-36-24-14-19(16-28-31-27(34)26(33)30-22-11-6-5-8-18(22)2)12-13-23(24)37-17-25(32)29-20-9-7-10-21(15-20)35-3/h5-16H,4,17H2,1-3H3,(H,29,32)(H,30,33)(H,31,34)/b28-16-. The molecule has 3 aromatic carbocycles. The number of nitrogens with one attached hydrogen (secondary N) is 3. The molecular formula is C27H28N4O6. The van der Waals surface area contributed by atoms with Gasteiger partial charge < -0.3 is 24.8 Å². The average Bonchev–Trinajstić information content (AvgIpc) is 2.89. The highest BCUT2D eigenvalue weighted by atomic mass is 16.5. The van der Waals surface area contributed by atoms with E-state index in [1.54, 1.807) is 61.7 Å². The number of carbonyl (C=O) groups is 3. The molecule has 0 radical (unpaired) electrons. The number of hydrazone groups is 1. The third kappa shape index (κ3) is 8.10. The molecule has 0 bridgehead atoms. The predicted octanol–water partition coefficient (Wildman–Crippen LogP) is 3.51. The van der Waals surface area contributed by atoms with Crippen LogP contribution in [-0.2, 0) is 14.4 Å². The average molecular weight is 505 g/mol. The van der Waals surface area contributed by atoms with Crippen molar-refractivity contribution < 1.29 is 28.6 Å². The van der Waals surface area contributed by atoms with Gasteiger partial charge in [0.1, 0.15) is 5.75 Å². The van der Waals surface area contributed by atoms with Gasteiger partial charge in [0.05, 0.1) is 19.9 Å². The number of nitrogens with zero attached hydrogens (tertiary/aromatic N) is 1. The van der Waals surface area contributed by atoms with Gasteiger partial charge in [-0.25, -0.2) is 5.43 Å². The highest BCUT2D eigenvalue weighted by Crippen LogP contribution is 2.28. The van der Waals surface area contributed by atoms with E-state index >= 15 is 0 Å². The van der Waals surface area contributed by atoms with E-state index in [2.05, 4.69) is 21.2 Å². The Hall–Kier alpha value is -4.86. The number of hydrogen-bond donors (Lipinski definition) is 3. The number of para-hydroxylation sites is 1. The SMILES string of the molecule is CCOc1cc(/C=N\NC(=O)C(=O)Nc2ccccc2C)ccc1OCC(=O)Nc1cccc(OC)c1. The Balaban J connectivity index is 1.56. The molecule has 0 saturated heterocycles. The minimum absolute atomic E-state index is 0.239. The molecule has 3 aromatic rings. The smallest absolute Gasteiger partial charge is 0.329 e. The van der Waals surface area contributed by atoms with Crippen LogP contribution in [-0.4, -0.2) is 44.3 Å². The van der Waals surface area contributed by atoms with Crippen molar-refractivity contribution in [1.82, 2.24) is 5.43 Å². The van der Waals surface area contributed by atoms with Gasteiger partial charge in [0.2, 0.25) is 0 Å². The third-order valence-corrected chi connectivity index (χ3v) is 4.96. The van der Waals surface area contributed by atoms with E-state index in [0.717, 1.165) is 5.56 Å². The number of methoxy groups -OCH3 is 1. The summed E-state index contributed by atoms with van der Waals surface area (Å²) in [5, 5.41) is 9.11. The molecule has 10 nitrogen and oxygen atoms in total. The second kappa shape index (κ2) is 13.3. The van der Waals surface area contributed by atoms with Crippen LogP contribution in [0.3, 0.4) is 0 Å². The van der Waals surface area contributed by atoms with Crippen LogP contribution in [0.1, 0.15) is 18.1 Å². The fourth-order valence-corrected chi connectivity index (χ4v) is 3.14. The van der Waals surface area contributed by atoms with Crippen molar-refractivity contribution >= 4 is 35.3 Å². The van der Waals surface area contributed by atoms with Crippen molar-refractivity contribution in [3.05, 3.63) is 77.9 Å². The van der Waals surface area contributed by atoms with Crippen LogP contribution in [0.25, 0.3) is 0 Å². The van der Waals surface area contributed by atoms with Crippen LogP contribution in [0.2, 0.25) is 0 Å². The van der Waals surface area contributed by atoms with Crippen molar-refractivity contribution in [2.24, 2.45) is 5.10 Å². The Morgan fingerprint density at radius 2 is 1.70 bits per heavy atom. The van der Waals surface area contributed by atoms with Gasteiger partial charge in [-0.3, -0.25) is 14.4 Å². The normalized spacial score (nSPS) is 10.5. The zero-order chi connectivity index (χ0) is 26.6. The summed E-state index contributed by atoms with van der Waals surface area (Å²) in [6.45, 7) is 3.76. The molecule has 0 unspecified atom stereocenters. The maximum atomic E-state index is 12.3. The second-order valence-electron chi connectivity index (χ2n) is 7.68. The van der Waals surface area contributed by atoms with Crippen molar-refractivity contribution in [2.75, 3.05) is 31.0 Å². The number of benzene rings is 3. The van der Waals surface area contributed by atoms with Gasteiger partial charge in [-0.1, -0.05) is 24.3 Å². The number of hydrogen-bond acceptors (Lipinski definition) is 7. The zero-order valence-corrected chi connectivity index (χ0v) is 20.7. The van der Waals surface area contributed by atoms with Gasteiger partial charge in [0, 0.05) is 17.4 Å². The summed E-state index contributed by atoms with van der Waals surface area (Å²) in [6, 6.07) is 19.0. The first-order valence-corrected chi connectivity index (χ1v) is 11.4. The monoisotopic (exact) mass is 504 g/mol. The maximum Gasteiger partial charge on any atom is 0.329 e. The van der Waals surface area contributed by atoms with E-state index in [4.69, 9.17) is 14.2 Å². The van der Waals surface area contributed by atoms with E-state index in [9.17, 15) is 14.4 Å². The first-order valence-electron chi connectivity index (χ1n) is 11.4. The quantitative estimate of drug-likeness (QED) is 0.220. The molecule has 0 aliphatic heterocycles. The number of anilines is 2. The fraction of sp³-hybridized carbons (Fsp3) is 0.185. The van der Waals surface area contributed by atoms with E-state index in [0.29, 0.717) is 40.8 Å². The maximum absolute atomic E-state index is 12.3. The van der Waals surface area contributed by atoms with Gasteiger partial charge >= 0.3 is 11.8 Å². The second-order valence-corrected chi connectivity index (χ2v) is 7.68. The summed E-state index contributed by atoms with van der Waals surface area (Å²) in [4.78, 5) is 36.5. The lowest BCUT2D eigenvalue weighted by atomic mass is 10.2. The van der Waals surface area contributed by atoms with Gasteiger partial charge in [-0.2, -0.15) is 5.10 Å². The topological polar surface area (TPSA) is 127 Å². The first-order chi connectivity index (χ1) is 17.9. The number of carbonyl (C=O) groups excluding carboxylic acids is 3. The molecule has 37 heavy (non-hydrogen) atoms. The summed E-state index contributed by atoms with van der Waals surface area (Å²) >= 11 is 0. The number of aryl methyl sites for hydroxylation is 1. The van der Waals surface area contributed by atoms with Crippen LogP contribution < -0.4 is 30.3 Å². The van der Waals surface area contributed by atoms with Crippen LogP contribution in [0.5, 0.6) is 17.2 Å². The molecule has 0 heterocycles. The van der Waals surface area contributed by atoms with Crippen LogP contribution >= 0.6 is 0 Å². The molecule has 10 heteroatoms. The van der Waals surface area contributed by atoms with Crippen molar-refractivity contribution in [2.45, 2.75) is 13.8 Å². The third-order valence-electron chi connectivity index (χ3n) is 4.96. The molecule has 3 amide bonds. The minimum Gasteiger partial charge on any atom is -0.497 e. The molecule has 0 aliphatic rings. The Labute approximate surface area is 214 Å². The Morgan fingerprint density at radius 3 is 2.46 bits per heavy atom. The van der Waals surface area contributed by atoms with E-state index in [-0.39, 0.29) is 12.5 Å². The van der Waals surface area contributed by atoms with Crippen LogP contribution in [0.4, 0.5) is 11.4 Å². The van der Waals surface area contributed by atoms with E-state index < -0.39 is 11.8 Å². The lowest BCUT2D eigenvalue weighted by molar-refractivity contribution is -0.136. The van der Waals surface area contributed by atoms with Crippen molar-refractivity contribution in [3.8, 4) is 17.2 Å². The van der Waals surface area contributed by atoms with E-state index in [1.165, 1.54) is 6.21 Å². The van der Waals surface area contributed by atoms with Crippen molar-refractivity contribution in [3.63, 3.8) is 0 Å². The summed E-state index contributed by atoms with van der Waals surface area (Å²) in [6.07, 6.45) is 1.36. The van der Waals surface area contributed by atoms with Crippen LogP contribution in [0.15, 0.2) is 71.8 Å². The van der Waals surface area contributed by atoms with Gasteiger partial charge in [0.15, 0.2) is 18.1 Å². The molecule has 0 saturated carbocycles. The predicted molar refractivity (Wildman–Crippen MR) is 140 cm³/mol. The molecular weight excluding hydrogens is 476 g/mol. The molecule has 192 valence electrons. The lowest BCUT2D eigenvalue weighted by Gasteiger charge is -2.13. The fourth-order valence-electron chi connectivity index (χ4n) is 3.14. The number of amides is 3. The Kier molecular flexibility index (Phi) is 9.60. The van der Waals surface area contributed by atoms with Gasteiger partial charge in [-0.15, -0.1) is 0 Å².